The second kappa shape index (κ2) is 10.6. The summed E-state index contributed by atoms with van der Waals surface area (Å²) in [7, 11) is 0. The highest BCUT2D eigenvalue weighted by Gasteiger charge is 2.53. The van der Waals surface area contributed by atoms with Gasteiger partial charge in [-0.1, -0.05) is 53.6 Å². The molecule has 1 atom stereocenters. The molecule has 5 rings (SSSR count). The van der Waals surface area contributed by atoms with Crippen molar-refractivity contribution in [2.45, 2.75) is 32.1 Å². The van der Waals surface area contributed by atoms with Gasteiger partial charge in [0.05, 0.1) is 31.9 Å². The van der Waals surface area contributed by atoms with Crippen molar-refractivity contribution in [3.8, 4) is 0 Å². The first-order chi connectivity index (χ1) is 18.3. The Morgan fingerprint density at radius 3 is 2.08 bits per heavy atom. The summed E-state index contributed by atoms with van der Waals surface area (Å²) in [5, 5.41) is 8.50. The molecule has 0 unspecified atom stereocenters. The van der Waals surface area contributed by atoms with Gasteiger partial charge in [0, 0.05) is 16.9 Å². The lowest BCUT2D eigenvalue weighted by molar-refractivity contribution is -0.129. The molecule has 9 heteroatoms. The number of hydrogen-bond acceptors (Lipinski definition) is 5. The highest BCUT2D eigenvalue weighted by Crippen LogP contribution is 2.43. The molecule has 38 heavy (non-hydrogen) atoms. The summed E-state index contributed by atoms with van der Waals surface area (Å²) in [5.74, 6) is -0.848. The zero-order chi connectivity index (χ0) is 26.7. The number of benzene rings is 3. The van der Waals surface area contributed by atoms with Crippen LogP contribution < -0.4 is 20.9 Å². The molecule has 0 aliphatic carbocycles. The summed E-state index contributed by atoms with van der Waals surface area (Å²) in [5.41, 5.74) is 2.75. The second-order valence-corrected chi connectivity index (χ2v) is 9.55. The maximum atomic E-state index is 14.1. The van der Waals surface area contributed by atoms with Crippen molar-refractivity contribution in [1.29, 1.82) is 0 Å². The normalized spacial score (nSPS) is 18.8. The van der Waals surface area contributed by atoms with Crippen LogP contribution in [-0.4, -0.2) is 43.9 Å². The lowest BCUT2D eigenvalue weighted by Crippen LogP contribution is -2.56. The molecule has 2 aliphatic rings. The molecular formula is C29H30N4O5. The van der Waals surface area contributed by atoms with Crippen LogP contribution in [0.2, 0.25) is 0 Å². The van der Waals surface area contributed by atoms with Gasteiger partial charge in [-0.3, -0.25) is 9.59 Å². The average Bonchev–Trinajstić information content (AvgIpc) is 3.49. The summed E-state index contributed by atoms with van der Waals surface area (Å²) in [6, 6.07) is 21.2. The van der Waals surface area contributed by atoms with Crippen molar-refractivity contribution >= 4 is 34.9 Å². The number of rotatable bonds is 7. The molecule has 2 heterocycles. The highest BCUT2D eigenvalue weighted by molar-refractivity contribution is 6.12. The third-order valence-corrected chi connectivity index (χ3v) is 6.68. The van der Waals surface area contributed by atoms with Gasteiger partial charge in [0.25, 0.3) is 5.91 Å². The van der Waals surface area contributed by atoms with E-state index in [-0.39, 0.29) is 13.0 Å². The molecule has 4 amide bonds. The summed E-state index contributed by atoms with van der Waals surface area (Å²) < 4.78 is 11.2. The van der Waals surface area contributed by atoms with E-state index in [0.717, 1.165) is 11.1 Å². The number of carbonyl (C=O) groups excluding carboxylic acids is 3. The van der Waals surface area contributed by atoms with Crippen LogP contribution in [0, 0.1) is 13.8 Å². The van der Waals surface area contributed by atoms with E-state index >= 15 is 0 Å². The number of nitrogens with one attached hydrogen (secondary N) is 3. The summed E-state index contributed by atoms with van der Waals surface area (Å²) >= 11 is 0. The molecule has 1 fully saturated rings. The summed E-state index contributed by atoms with van der Waals surface area (Å²) in [6.45, 7) is 4.92. The zero-order valence-corrected chi connectivity index (χ0v) is 21.3. The van der Waals surface area contributed by atoms with Gasteiger partial charge in [-0.15, -0.1) is 0 Å². The minimum Gasteiger partial charge on any atom is -0.348 e. The first kappa shape index (κ1) is 25.4. The third kappa shape index (κ3) is 5.25. The fourth-order valence-corrected chi connectivity index (χ4v) is 4.78. The van der Waals surface area contributed by atoms with E-state index in [2.05, 4.69) is 16.0 Å². The number of fused-ring (bicyclic) bond motifs is 1. The van der Waals surface area contributed by atoms with Crippen molar-refractivity contribution in [3.63, 3.8) is 0 Å². The van der Waals surface area contributed by atoms with Gasteiger partial charge in [-0.2, -0.15) is 0 Å². The van der Waals surface area contributed by atoms with E-state index in [1.165, 1.54) is 4.90 Å². The minimum absolute atomic E-state index is 0.137. The van der Waals surface area contributed by atoms with E-state index in [1.54, 1.807) is 42.5 Å². The summed E-state index contributed by atoms with van der Waals surface area (Å²) in [6.07, 6.45) is -0.897. The summed E-state index contributed by atoms with van der Waals surface area (Å²) in [4.78, 5) is 42.3. The van der Waals surface area contributed by atoms with Gasteiger partial charge in [-0.05, 0) is 44.2 Å². The number of carbonyl (C=O) groups is 3. The van der Waals surface area contributed by atoms with Crippen LogP contribution in [0.4, 0.5) is 21.9 Å². The van der Waals surface area contributed by atoms with E-state index in [0.29, 0.717) is 35.8 Å². The molecule has 196 valence electrons. The lowest BCUT2D eigenvalue weighted by Gasteiger charge is -2.30. The van der Waals surface area contributed by atoms with Crippen molar-refractivity contribution in [2.24, 2.45) is 0 Å². The standard InChI is InChI=1S/C29H30N4O5/c1-19-7-11-21(12-8-19)30-25(34)17-29(32-28(36)31-22-13-9-20(2)10-14-22)23-5-3-4-6-24(23)33(27(29)35)18-26-37-15-16-38-26/h3-14,26H,15-18H2,1-2H3,(H,30,34)(H2,31,32,36)/t29-/m0/s1. The number of para-hydroxylation sites is 1. The molecule has 3 aromatic carbocycles. The second-order valence-electron chi connectivity index (χ2n) is 9.55. The molecule has 0 spiro atoms. The first-order valence-electron chi connectivity index (χ1n) is 12.5. The molecular weight excluding hydrogens is 484 g/mol. The fourth-order valence-electron chi connectivity index (χ4n) is 4.78. The van der Waals surface area contributed by atoms with Crippen molar-refractivity contribution in [1.82, 2.24) is 5.32 Å². The number of aryl methyl sites for hydroxylation is 2. The van der Waals surface area contributed by atoms with Crippen molar-refractivity contribution in [3.05, 3.63) is 89.5 Å². The average molecular weight is 515 g/mol. The van der Waals surface area contributed by atoms with Crippen molar-refractivity contribution < 1.29 is 23.9 Å². The first-order valence-corrected chi connectivity index (χ1v) is 12.5. The number of amides is 4. The van der Waals surface area contributed by atoms with E-state index < -0.39 is 29.7 Å². The zero-order valence-electron chi connectivity index (χ0n) is 21.3. The van der Waals surface area contributed by atoms with E-state index in [9.17, 15) is 14.4 Å². The molecule has 1 saturated heterocycles. The van der Waals surface area contributed by atoms with E-state index in [4.69, 9.17) is 9.47 Å². The van der Waals surface area contributed by atoms with Crippen LogP contribution in [0.15, 0.2) is 72.8 Å². The quantitative estimate of drug-likeness (QED) is 0.441. The highest BCUT2D eigenvalue weighted by atomic mass is 16.7. The Labute approximate surface area is 221 Å². The molecule has 2 aliphatic heterocycles. The number of anilines is 3. The molecule has 3 N–H and O–H groups in total. The van der Waals surface area contributed by atoms with Gasteiger partial charge >= 0.3 is 6.03 Å². The Balaban J connectivity index is 1.47. The number of urea groups is 1. The van der Waals surface area contributed by atoms with Crippen LogP contribution in [0.25, 0.3) is 0 Å². The van der Waals surface area contributed by atoms with E-state index in [1.807, 2.05) is 44.2 Å². The Morgan fingerprint density at radius 1 is 0.868 bits per heavy atom. The molecule has 3 aromatic rings. The van der Waals surface area contributed by atoms with Gasteiger partial charge in [-0.25, -0.2) is 4.79 Å². The maximum absolute atomic E-state index is 14.1. The Morgan fingerprint density at radius 2 is 1.45 bits per heavy atom. The number of hydrogen-bond donors (Lipinski definition) is 3. The Hall–Kier alpha value is -4.21. The predicted octanol–water partition coefficient (Wildman–Crippen LogP) is 4.07. The van der Waals surface area contributed by atoms with Crippen molar-refractivity contribution in [2.75, 3.05) is 35.3 Å². The Kier molecular flexibility index (Phi) is 7.13. The van der Waals surface area contributed by atoms with Gasteiger partial charge in [0.15, 0.2) is 11.8 Å². The molecule has 9 nitrogen and oxygen atoms in total. The largest absolute Gasteiger partial charge is 0.348 e. The van der Waals surface area contributed by atoms with Gasteiger partial charge in [0.2, 0.25) is 5.91 Å². The van der Waals surface area contributed by atoms with Gasteiger partial charge < -0.3 is 30.3 Å². The van der Waals surface area contributed by atoms with Crippen LogP contribution in [0.3, 0.4) is 0 Å². The SMILES string of the molecule is Cc1ccc(NC(=O)C[C@@]2(NC(=O)Nc3ccc(C)cc3)C(=O)N(CC3OCCO3)c3ccccc32)cc1. The smallest absolute Gasteiger partial charge is 0.320 e. The minimum atomic E-state index is -1.64. The fraction of sp³-hybridized carbons (Fsp3) is 0.276. The van der Waals surface area contributed by atoms with Crippen LogP contribution in [-0.2, 0) is 24.6 Å². The molecule has 0 radical (unpaired) electrons. The molecule has 0 saturated carbocycles. The number of ether oxygens (including phenoxy) is 2. The molecule has 0 bridgehead atoms. The third-order valence-electron chi connectivity index (χ3n) is 6.68. The lowest BCUT2D eigenvalue weighted by atomic mass is 9.87. The van der Waals surface area contributed by atoms with Crippen LogP contribution in [0.1, 0.15) is 23.1 Å². The van der Waals surface area contributed by atoms with Crippen LogP contribution >= 0.6 is 0 Å². The monoisotopic (exact) mass is 514 g/mol. The van der Waals surface area contributed by atoms with Crippen LogP contribution in [0.5, 0.6) is 0 Å². The Bertz CT molecular complexity index is 1270. The maximum Gasteiger partial charge on any atom is 0.320 e. The topological polar surface area (TPSA) is 109 Å². The van der Waals surface area contributed by atoms with Gasteiger partial charge in [0.1, 0.15) is 0 Å². The number of nitrogens with zero attached hydrogens (tertiary/aromatic N) is 1. The molecule has 0 aromatic heterocycles. The predicted molar refractivity (Wildman–Crippen MR) is 144 cm³/mol.